The lowest BCUT2D eigenvalue weighted by molar-refractivity contribution is 0.0526. The molecule has 0 aromatic heterocycles. The molecule has 0 unspecified atom stereocenters. The summed E-state index contributed by atoms with van der Waals surface area (Å²) in [5.74, 6) is 2.23. The largest absolute Gasteiger partial charge is 0.393 e. The minimum atomic E-state index is -0.0200. The Kier molecular flexibility index (Phi) is 3.57. The van der Waals surface area contributed by atoms with Gasteiger partial charge in [0, 0.05) is 0 Å². The average Bonchev–Trinajstić information content (AvgIpc) is 1.96. The molecule has 1 saturated carbocycles. The maximum atomic E-state index is 9.53. The molecule has 1 fully saturated rings. The highest BCUT2D eigenvalue weighted by atomic mass is 16.3. The second-order valence-corrected chi connectivity index (χ2v) is 4.85. The zero-order valence-corrected chi connectivity index (χ0v) is 8.59. The Morgan fingerprint density at radius 3 is 2.50 bits per heavy atom. The molecule has 12 heavy (non-hydrogen) atoms. The first-order chi connectivity index (χ1) is 5.59. The van der Waals surface area contributed by atoms with Gasteiger partial charge in [0.1, 0.15) is 0 Å². The van der Waals surface area contributed by atoms with Gasteiger partial charge in [-0.2, -0.15) is 0 Å². The molecule has 0 aliphatic heterocycles. The summed E-state index contributed by atoms with van der Waals surface area (Å²) in [6.45, 7) is 6.75. The van der Waals surface area contributed by atoms with E-state index in [1.165, 1.54) is 19.3 Å². The standard InChI is InChI=1S/C11H22O/c1-8(2)6-10-4-5-11(12)9(3)7-10/h8-12H,4-7H2,1-3H3/t9-,10-,11-/m0/s1. The molecule has 1 heteroatoms. The molecule has 0 spiro atoms. The third kappa shape index (κ3) is 2.78. The molecule has 3 atom stereocenters. The summed E-state index contributed by atoms with van der Waals surface area (Å²) >= 11 is 0. The average molecular weight is 170 g/mol. The molecule has 0 radical (unpaired) electrons. The van der Waals surface area contributed by atoms with E-state index in [1.807, 2.05) is 0 Å². The highest BCUT2D eigenvalue weighted by Crippen LogP contribution is 2.32. The van der Waals surface area contributed by atoms with E-state index in [1.54, 1.807) is 0 Å². The highest BCUT2D eigenvalue weighted by Gasteiger charge is 2.25. The van der Waals surface area contributed by atoms with Gasteiger partial charge in [0.2, 0.25) is 0 Å². The molecule has 1 nitrogen and oxygen atoms in total. The maximum absolute atomic E-state index is 9.53. The van der Waals surface area contributed by atoms with Gasteiger partial charge in [0.25, 0.3) is 0 Å². The molecular formula is C11H22O. The molecule has 0 heterocycles. The lowest BCUT2D eigenvalue weighted by Gasteiger charge is -2.31. The van der Waals surface area contributed by atoms with Crippen molar-refractivity contribution < 1.29 is 5.11 Å². The Labute approximate surface area is 76.2 Å². The van der Waals surface area contributed by atoms with Gasteiger partial charge in [-0.05, 0) is 43.4 Å². The maximum Gasteiger partial charge on any atom is 0.0566 e. The number of rotatable bonds is 2. The van der Waals surface area contributed by atoms with Crippen LogP contribution in [-0.2, 0) is 0 Å². The predicted molar refractivity (Wildman–Crippen MR) is 52.0 cm³/mol. The second kappa shape index (κ2) is 4.27. The zero-order chi connectivity index (χ0) is 9.14. The fraction of sp³-hybridized carbons (Fsp3) is 1.00. The van der Waals surface area contributed by atoms with E-state index in [9.17, 15) is 5.11 Å². The lowest BCUT2D eigenvalue weighted by Crippen LogP contribution is -2.27. The molecule has 1 N–H and O–H groups in total. The molecule has 0 saturated heterocycles. The molecule has 0 aromatic carbocycles. The summed E-state index contributed by atoms with van der Waals surface area (Å²) in [5.41, 5.74) is 0. The van der Waals surface area contributed by atoms with Crippen molar-refractivity contribution in [2.75, 3.05) is 0 Å². The van der Waals surface area contributed by atoms with Crippen LogP contribution in [0.5, 0.6) is 0 Å². The molecular weight excluding hydrogens is 148 g/mol. The van der Waals surface area contributed by atoms with Crippen LogP contribution < -0.4 is 0 Å². The molecule has 0 bridgehead atoms. The summed E-state index contributed by atoms with van der Waals surface area (Å²) in [7, 11) is 0. The van der Waals surface area contributed by atoms with E-state index in [4.69, 9.17) is 0 Å². The SMILES string of the molecule is CC(C)C[C@@H]1CC[C@H](O)[C@@H](C)C1. The first-order valence-electron chi connectivity index (χ1n) is 5.27. The molecule has 72 valence electrons. The third-order valence-corrected chi connectivity index (χ3v) is 3.04. The smallest absolute Gasteiger partial charge is 0.0566 e. The quantitative estimate of drug-likeness (QED) is 0.675. The first-order valence-corrected chi connectivity index (χ1v) is 5.27. The van der Waals surface area contributed by atoms with Crippen LogP contribution in [0.15, 0.2) is 0 Å². The third-order valence-electron chi connectivity index (χ3n) is 3.04. The van der Waals surface area contributed by atoms with Crippen LogP contribution >= 0.6 is 0 Å². The van der Waals surface area contributed by atoms with E-state index < -0.39 is 0 Å². The number of aliphatic hydroxyl groups excluding tert-OH is 1. The predicted octanol–water partition coefficient (Wildman–Crippen LogP) is 2.83. The summed E-state index contributed by atoms with van der Waals surface area (Å²) in [5, 5.41) is 9.53. The Bertz CT molecular complexity index is 131. The van der Waals surface area contributed by atoms with Crippen LogP contribution in [0.2, 0.25) is 0 Å². The van der Waals surface area contributed by atoms with Crippen molar-refractivity contribution in [3.63, 3.8) is 0 Å². The number of hydrogen-bond donors (Lipinski definition) is 1. The Morgan fingerprint density at radius 1 is 1.33 bits per heavy atom. The van der Waals surface area contributed by atoms with Crippen molar-refractivity contribution in [1.82, 2.24) is 0 Å². The van der Waals surface area contributed by atoms with Crippen molar-refractivity contribution in [2.24, 2.45) is 17.8 Å². The van der Waals surface area contributed by atoms with Gasteiger partial charge in [-0.1, -0.05) is 20.8 Å². The Hall–Kier alpha value is -0.0400. The van der Waals surface area contributed by atoms with Crippen LogP contribution in [0, 0.1) is 17.8 Å². The topological polar surface area (TPSA) is 20.2 Å². The highest BCUT2D eigenvalue weighted by molar-refractivity contribution is 4.77. The van der Waals surface area contributed by atoms with Crippen LogP contribution in [0.4, 0.5) is 0 Å². The van der Waals surface area contributed by atoms with Gasteiger partial charge >= 0.3 is 0 Å². The van der Waals surface area contributed by atoms with Crippen LogP contribution in [-0.4, -0.2) is 11.2 Å². The molecule has 1 aliphatic rings. The van der Waals surface area contributed by atoms with Gasteiger partial charge in [-0.15, -0.1) is 0 Å². The second-order valence-electron chi connectivity index (χ2n) is 4.85. The van der Waals surface area contributed by atoms with E-state index in [2.05, 4.69) is 20.8 Å². The van der Waals surface area contributed by atoms with Crippen molar-refractivity contribution in [3.05, 3.63) is 0 Å². The van der Waals surface area contributed by atoms with Gasteiger partial charge in [0.15, 0.2) is 0 Å². The molecule has 0 aromatic rings. The van der Waals surface area contributed by atoms with Crippen molar-refractivity contribution in [3.8, 4) is 0 Å². The van der Waals surface area contributed by atoms with Crippen LogP contribution in [0.1, 0.15) is 46.5 Å². The first kappa shape index (κ1) is 10.0. The van der Waals surface area contributed by atoms with Crippen molar-refractivity contribution in [2.45, 2.75) is 52.6 Å². The fourth-order valence-corrected chi connectivity index (χ4v) is 2.37. The summed E-state index contributed by atoms with van der Waals surface area (Å²) in [4.78, 5) is 0. The number of aliphatic hydroxyl groups is 1. The normalized spacial score (nSPS) is 37.2. The fourth-order valence-electron chi connectivity index (χ4n) is 2.37. The lowest BCUT2D eigenvalue weighted by atomic mass is 9.77. The Balaban J connectivity index is 2.30. The van der Waals surface area contributed by atoms with E-state index >= 15 is 0 Å². The minimum Gasteiger partial charge on any atom is -0.393 e. The van der Waals surface area contributed by atoms with E-state index in [0.29, 0.717) is 5.92 Å². The molecule has 1 rings (SSSR count). The molecule has 0 amide bonds. The van der Waals surface area contributed by atoms with Crippen molar-refractivity contribution >= 4 is 0 Å². The summed E-state index contributed by atoms with van der Waals surface area (Å²) in [6, 6.07) is 0. The number of hydrogen-bond acceptors (Lipinski definition) is 1. The molecule has 1 aliphatic carbocycles. The monoisotopic (exact) mass is 170 g/mol. The van der Waals surface area contributed by atoms with Gasteiger partial charge in [0.05, 0.1) is 6.10 Å². The van der Waals surface area contributed by atoms with E-state index in [-0.39, 0.29) is 6.10 Å². The summed E-state index contributed by atoms with van der Waals surface area (Å²) < 4.78 is 0. The Morgan fingerprint density at radius 2 is 2.00 bits per heavy atom. The van der Waals surface area contributed by atoms with Crippen LogP contribution in [0.25, 0.3) is 0 Å². The zero-order valence-electron chi connectivity index (χ0n) is 8.59. The van der Waals surface area contributed by atoms with Crippen molar-refractivity contribution in [1.29, 1.82) is 0 Å². The van der Waals surface area contributed by atoms with Crippen LogP contribution in [0.3, 0.4) is 0 Å². The summed E-state index contributed by atoms with van der Waals surface area (Å²) in [6.07, 6.45) is 4.83. The van der Waals surface area contributed by atoms with Gasteiger partial charge < -0.3 is 5.11 Å². The van der Waals surface area contributed by atoms with Gasteiger partial charge in [-0.3, -0.25) is 0 Å². The van der Waals surface area contributed by atoms with Gasteiger partial charge in [-0.25, -0.2) is 0 Å². The van der Waals surface area contributed by atoms with E-state index in [0.717, 1.165) is 18.3 Å². The minimum absolute atomic E-state index is 0.0200.